The zero-order valence-electron chi connectivity index (χ0n) is 6.79. The summed E-state index contributed by atoms with van der Waals surface area (Å²) in [6.45, 7) is 3.83. The van der Waals surface area contributed by atoms with Crippen molar-refractivity contribution in [2.45, 2.75) is 20.3 Å². The van der Waals surface area contributed by atoms with E-state index in [1.54, 1.807) is 6.92 Å². The monoisotopic (exact) mass is 156 g/mol. The minimum absolute atomic E-state index is 0.140. The second-order valence-electron chi connectivity index (χ2n) is 3.48. The van der Waals surface area contributed by atoms with Gasteiger partial charge in [-0.25, -0.2) is 0 Å². The van der Waals surface area contributed by atoms with Crippen molar-refractivity contribution in [2.75, 3.05) is 6.61 Å². The molecule has 1 fully saturated rings. The molecule has 2 atom stereocenters. The van der Waals surface area contributed by atoms with Crippen molar-refractivity contribution in [2.24, 2.45) is 11.3 Å². The Morgan fingerprint density at radius 2 is 2.36 bits per heavy atom. The van der Waals surface area contributed by atoms with E-state index in [9.17, 15) is 9.59 Å². The van der Waals surface area contributed by atoms with Gasteiger partial charge in [-0.2, -0.15) is 0 Å². The van der Waals surface area contributed by atoms with E-state index in [1.807, 2.05) is 6.92 Å². The quantitative estimate of drug-likeness (QED) is 0.416. The van der Waals surface area contributed by atoms with Crippen LogP contribution in [0, 0.1) is 11.3 Å². The molecule has 0 amide bonds. The van der Waals surface area contributed by atoms with Crippen LogP contribution in [0.1, 0.15) is 20.3 Å². The molecule has 1 aliphatic heterocycles. The molecular weight excluding hydrogens is 144 g/mol. The van der Waals surface area contributed by atoms with E-state index in [4.69, 9.17) is 4.74 Å². The van der Waals surface area contributed by atoms with Gasteiger partial charge in [-0.3, -0.25) is 4.79 Å². The number of carbonyl (C=O) groups excluding carboxylic acids is 2. The summed E-state index contributed by atoms with van der Waals surface area (Å²) < 4.78 is 4.83. The molecule has 0 aromatic heterocycles. The maximum Gasteiger partial charge on any atom is 0.308 e. The molecule has 1 rings (SSSR count). The highest BCUT2D eigenvalue weighted by molar-refractivity contribution is 5.75. The molecule has 1 saturated heterocycles. The smallest absolute Gasteiger partial charge is 0.308 e. The Kier molecular flexibility index (Phi) is 1.98. The lowest BCUT2D eigenvalue weighted by Gasteiger charge is -2.30. The molecule has 62 valence electrons. The first kappa shape index (κ1) is 8.24. The van der Waals surface area contributed by atoms with Gasteiger partial charge in [0.1, 0.15) is 12.9 Å². The standard InChI is InChI=1S/C8H12O3/c1-6-3-8(2,4-9)5-11-7(6)10/h4,6H,3,5H2,1-2H3. The van der Waals surface area contributed by atoms with Crippen LogP contribution in [0.2, 0.25) is 0 Å². The second-order valence-corrected chi connectivity index (χ2v) is 3.48. The minimum Gasteiger partial charge on any atom is -0.464 e. The molecular formula is C8H12O3. The van der Waals surface area contributed by atoms with Crippen molar-refractivity contribution in [3.63, 3.8) is 0 Å². The third kappa shape index (κ3) is 1.59. The molecule has 1 heterocycles. The molecule has 0 N–H and O–H groups in total. The molecule has 11 heavy (non-hydrogen) atoms. The zero-order chi connectivity index (χ0) is 8.48. The SMILES string of the molecule is CC1CC(C)(C=O)COC1=O. The van der Waals surface area contributed by atoms with Crippen molar-refractivity contribution < 1.29 is 14.3 Å². The number of aldehydes is 1. The van der Waals surface area contributed by atoms with Crippen molar-refractivity contribution >= 4 is 12.3 Å². The Morgan fingerprint density at radius 3 is 2.82 bits per heavy atom. The largest absolute Gasteiger partial charge is 0.464 e. The summed E-state index contributed by atoms with van der Waals surface area (Å²) in [4.78, 5) is 21.4. The summed E-state index contributed by atoms with van der Waals surface area (Å²) in [5.74, 6) is -0.330. The van der Waals surface area contributed by atoms with Crippen molar-refractivity contribution in [3.05, 3.63) is 0 Å². The van der Waals surface area contributed by atoms with Crippen LogP contribution in [-0.4, -0.2) is 18.9 Å². The lowest BCUT2D eigenvalue weighted by Crippen LogP contribution is -2.37. The Labute approximate surface area is 65.7 Å². The Bertz CT molecular complexity index is 188. The van der Waals surface area contributed by atoms with Crippen LogP contribution in [0.5, 0.6) is 0 Å². The summed E-state index contributed by atoms with van der Waals surface area (Å²) in [6.07, 6.45) is 1.48. The molecule has 2 unspecified atom stereocenters. The topological polar surface area (TPSA) is 43.4 Å². The van der Waals surface area contributed by atoms with Gasteiger partial charge in [0, 0.05) is 0 Å². The average molecular weight is 156 g/mol. The second kappa shape index (κ2) is 2.64. The van der Waals surface area contributed by atoms with Crippen LogP contribution in [-0.2, 0) is 14.3 Å². The van der Waals surface area contributed by atoms with Crippen LogP contribution in [0.3, 0.4) is 0 Å². The van der Waals surface area contributed by atoms with E-state index in [-0.39, 0.29) is 18.5 Å². The van der Waals surface area contributed by atoms with Gasteiger partial charge in [-0.15, -0.1) is 0 Å². The molecule has 0 aromatic carbocycles. The van der Waals surface area contributed by atoms with E-state index in [1.165, 1.54) is 0 Å². The number of hydrogen-bond acceptors (Lipinski definition) is 3. The number of ether oxygens (including phenoxy) is 1. The molecule has 0 radical (unpaired) electrons. The first-order valence-corrected chi connectivity index (χ1v) is 3.70. The Balaban J connectivity index is 2.65. The lowest BCUT2D eigenvalue weighted by atomic mass is 9.82. The average Bonchev–Trinajstić information content (AvgIpc) is 1.98. The highest BCUT2D eigenvalue weighted by Crippen LogP contribution is 2.29. The van der Waals surface area contributed by atoms with Crippen LogP contribution >= 0.6 is 0 Å². The maximum absolute atomic E-state index is 10.9. The number of esters is 1. The Morgan fingerprint density at radius 1 is 1.73 bits per heavy atom. The fourth-order valence-corrected chi connectivity index (χ4v) is 1.30. The van der Waals surface area contributed by atoms with Crippen LogP contribution in [0.25, 0.3) is 0 Å². The highest BCUT2D eigenvalue weighted by Gasteiger charge is 2.35. The molecule has 0 spiro atoms. The molecule has 3 heteroatoms. The van der Waals surface area contributed by atoms with E-state index in [2.05, 4.69) is 0 Å². The van der Waals surface area contributed by atoms with Gasteiger partial charge in [0.15, 0.2) is 0 Å². The number of hydrogen-bond donors (Lipinski definition) is 0. The number of carbonyl (C=O) groups is 2. The molecule has 1 aliphatic rings. The molecule has 3 nitrogen and oxygen atoms in total. The van der Waals surface area contributed by atoms with Gasteiger partial charge < -0.3 is 9.53 Å². The molecule has 0 aromatic rings. The fourth-order valence-electron chi connectivity index (χ4n) is 1.30. The normalized spacial score (nSPS) is 38.0. The fraction of sp³-hybridized carbons (Fsp3) is 0.750. The van der Waals surface area contributed by atoms with Gasteiger partial charge in [0.2, 0.25) is 0 Å². The van der Waals surface area contributed by atoms with Crippen molar-refractivity contribution in [3.8, 4) is 0 Å². The van der Waals surface area contributed by atoms with E-state index in [0.717, 1.165) is 6.29 Å². The van der Waals surface area contributed by atoms with Crippen molar-refractivity contribution in [1.29, 1.82) is 0 Å². The summed E-state index contributed by atoms with van der Waals surface area (Å²) >= 11 is 0. The van der Waals surface area contributed by atoms with Gasteiger partial charge >= 0.3 is 5.97 Å². The zero-order valence-corrected chi connectivity index (χ0v) is 6.79. The van der Waals surface area contributed by atoms with Crippen molar-refractivity contribution in [1.82, 2.24) is 0 Å². The third-order valence-corrected chi connectivity index (χ3v) is 2.00. The van der Waals surface area contributed by atoms with Gasteiger partial charge in [0.05, 0.1) is 11.3 Å². The van der Waals surface area contributed by atoms with Crippen LogP contribution in [0.15, 0.2) is 0 Å². The van der Waals surface area contributed by atoms with E-state index in [0.29, 0.717) is 6.42 Å². The summed E-state index contributed by atoms with van der Waals surface area (Å²) in [7, 11) is 0. The predicted octanol–water partition coefficient (Wildman–Crippen LogP) is 0.775. The third-order valence-electron chi connectivity index (χ3n) is 2.00. The molecule has 0 bridgehead atoms. The molecule has 0 saturated carbocycles. The van der Waals surface area contributed by atoms with E-state index < -0.39 is 5.41 Å². The van der Waals surface area contributed by atoms with Crippen LogP contribution in [0.4, 0.5) is 0 Å². The highest BCUT2D eigenvalue weighted by atomic mass is 16.5. The first-order chi connectivity index (χ1) is 5.07. The van der Waals surface area contributed by atoms with Crippen LogP contribution < -0.4 is 0 Å². The minimum atomic E-state index is -0.451. The summed E-state index contributed by atoms with van der Waals surface area (Å²) in [5, 5.41) is 0. The van der Waals surface area contributed by atoms with Gasteiger partial charge in [-0.1, -0.05) is 6.92 Å². The summed E-state index contributed by atoms with van der Waals surface area (Å²) in [5.41, 5.74) is -0.451. The molecule has 0 aliphatic carbocycles. The lowest BCUT2D eigenvalue weighted by molar-refractivity contribution is -0.160. The van der Waals surface area contributed by atoms with Gasteiger partial charge in [-0.05, 0) is 13.3 Å². The number of rotatable bonds is 1. The van der Waals surface area contributed by atoms with E-state index >= 15 is 0 Å². The summed E-state index contributed by atoms with van der Waals surface area (Å²) in [6, 6.07) is 0. The number of cyclic esters (lactones) is 1. The Hall–Kier alpha value is -0.860. The first-order valence-electron chi connectivity index (χ1n) is 3.70. The van der Waals surface area contributed by atoms with Gasteiger partial charge in [0.25, 0.3) is 0 Å². The predicted molar refractivity (Wildman–Crippen MR) is 38.9 cm³/mol. The maximum atomic E-state index is 10.9.